The van der Waals surface area contributed by atoms with E-state index in [1.165, 1.54) is 30.0 Å². The topological polar surface area (TPSA) is 87.7 Å². The van der Waals surface area contributed by atoms with Crippen molar-refractivity contribution in [2.24, 2.45) is 0 Å². The number of nitrogens with one attached hydrogen (secondary N) is 2. The third kappa shape index (κ3) is 7.00. The van der Waals surface area contributed by atoms with E-state index in [9.17, 15) is 27.6 Å². The van der Waals surface area contributed by atoms with Gasteiger partial charge in [0.15, 0.2) is 0 Å². The standard InChI is InChI=1S/C22H24F3N3O4/c1-13-11-15(32-22(23,24)25)9-10-18(13)27-21(31)17-8-6-5-7-16(17)20(30)26-14(2)12-19(29)28(3)4/h5-11,14H,12H2,1-4H3,(H,26,30)(H,27,31). The van der Waals surface area contributed by atoms with E-state index in [1.54, 1.807) is 33.2 Å². The molecule has 0 heterocycles. The Labute approximate surface area is 183 Å². The van der Waals surface area contributed by atoms with Crippen molar-refractivity contribution in [1.82, 2.24) is 10.2 Å². The minimum atomic E-state index is -4.82. The molecule has 0 aliphatic heterocycles. The minimum absolute atomic E-state index is 0.0751. The van der Waals surface area contributed by atoms with Crippen LogP contribution in [0, 0.1) is 6.92 Å². The zero-order chi connectivity index (χ0) is 24.1. The molecule has 0 aliphatic rings. The van der Waals surface area contributed by atoms with Gasteiger partial charge in [-0.1, -0.05) is 12.1 Å². The molecule has 0 saturated heterocycles. The van der Waals surface area contributed by atoms with Crippen molar-refractivity contribution in [3.8, 4) is 5.75 Å². The third-order valence-electron chi connectivity index (χ3n) is 4.45. The summed E-state index contributed by atoms with van der Waals surface area (Å²) in [5.41, 5.74) is 0.789. The number of anilines is 1. The highest BCUT2D eigenvalue weighted by Crippen LogP contribution is 2.27. The van der Waals surface area contributed by atoms with Crippen molar-refractivity contribution >= 4 is 23.4 Å². The van der Waals surface area contributed by atoms with Crippen LogP contribution in [-0.2, 0) is 4.79 Å². The summed E-state index contributed by atoms with van der Waals surface area (Å²) in [5, 5.41) is 5.29. The summed E-state index contributed by atoms with van der Waals surface area (Å²) < 4.78 is 41.0. The first-order chi connectivity index (χ1) is 14.9. The zero-order valence-electron chi connectivity index (χ0n) is 18.0. The van der Waals surface area contributed by atoms with Crippen LogP contribution in [0.15, 0.2) is 42.5 Å². The number of benzene rings is 2. The van der Waals surface area contributed by atoms with E-state index in [4.69, 9.17) is 0 Å². The highest BCUT2D eigenvalue weighted by atomic mass is 19.4. The lowest BCUT2D eigenvalue weighted by molar-refractivity contribution is -0.274. The first kappa shape index (κ1) is 24.7. The molecular weight excluding hydrogens is 427 g/mol. The van der Waals surface area contributed by atoms with E-state index in [1.807, 2.05) is 0 Å². The molecule has 2 aromatic rings. The number of alkyl halides is 3. The summed E-state index contributed by atoms with van der Waals surface area (Å²) in [7, 11) is 3.22. The Balaban J connectivity index is 2.15. The largest absolute Gasteiger partial charge is 0.573 e. The molecule has 2 rings (SSSR count). The van der Waals surface area contributed by atoms with Crippen molar-refractivity contribution in [2.45, 2.75) is 32.7 Å². The summed E-state index contributed by atoms with van der Waals surface area (Å²) in [6, 6.07) is 9.15. The molecule has 0 fully saturated rings. The fourth-order valence-electron chi connectivity index (χ4n) is 2.84. The maximum absolute atomic E-state index is 12.8. The van der Waals surface area contributed by atoms with Gasteiger partial charge < -0.3 is 20.3 Å². The third-order valence-corrected chi connectivity index (χ3v) is 4.45. The van der Waals surface area contributed by atoms with Crippen LogP contribution in [0.2, 0.25) is 0 Å². The number of hydrogen-bond donors (Lipinski definition) is 2. The maximum atomic E-state index is 12.8. The molecule has 0 saturated carbocycles. The molecule has 3 amide bonds. The molecule has 0 aliphatic carbocycles. The molecule has 1 unspecified atom stereocenters. The number of nitrogens with zero attached hydrogens (tertiary/aromatic N) is 1. The van der Waals surface area contributed by atoms with Gasteiger partial charge in [0.25, 0.3) is 11.8 Å². The number of rotatable bonds is 7. The highest BCUT2D eigenvalue weighted by molar-refractivity contribution is 6.12. The Bertz CT molecular complexity index is 1010. The monoisotopic (exact) mass is 451 g/mol. The van der Waals surface area contributed by atoms with Crippen LogP contribution in [-0.4, -0.2) is 49.1 Å². The number of carbonyl (C=O) groups excluding carboxylic acids is 3. The van der Waals surface area contributed by atoms with Gasteiger partial charge in [-0.3, -0.25) is 14.4 Å². The van der Waals surface area contributed by atoms with Crippen molar-refractivity contribution < 1.29 is 32.3 Å². The van der Waals surface area contributed by atoms with Gasteiger partial charge in [-0.2, -0.15) is 0 Å². The Kier molecular flexibility index (Phi) is 7.85. The quantitative estimate of drug-likeness (QED) is 0.671. The maximum Gasteiger partial charge on any atom is 0.573 e. The van der Waals surface area contributed by atoms with E-state index in [2.05, 4.69) is 15.4 Å². The average molecular weight is 451 g/mol. The van der Waals surface area contributed by atoms with Crippen LogP contribution in [0.5, 0.6) is 5.75 Å². The Morgan fingerprint density at radius 1 is 1.03 bits per heavy atom. The second-order valence-electron chi connectivity index (χ2n) is 7.39. The van der Waals surface area contributed by atoms with Crippen LogP contribution < -0.4 is 15.4 Å². The second kappa shape index (κ2) is 10.2. The molecule has 2 aromatic carbocycles. The zero-order valence-corrected chi connectivity index (χ0v) is 18.0. The lowest BCUT2D eigenvalue weighted by Crippen LogP contribution is -2.37. The number of ether oxygens (including phenoxy) is 1. The smallest absolute Gasteiger partial charge is 0.406 e. The van der Waals surface area contributed by atoms with Crippen LogP contribution in [0.1, 0.15) is 39.6 Å². The number of carbonyl (C=O) groups is 3. The second-order valence-corrected chi connectivity index (χ2v) is 7.39. The number of amides is 3. The van der Waals surface area contributed by atoms with Gasteiger partial charge >= 0.3 is 6.36 Å². The normalized spacial score (nSPS) is 12.0. The fourth-order valence-corrected chi connectivity index (χ4v) is 2.84. The molecule has 172 valence electrons. The first-order valence-corrected chi connectivity index (χ1v) is 9.65. The molecule has 2 N–H and O–H groups in total. The van der Waals surface area contributed by atoms with Crippen molar-refractivity contribution in [2.75, 3.05) is 19.4 Å². The lowest BCUT2D eigenvalue weighted by Gasteiger charge is -2.18. The summed E-state index contributed by atoms with van der Waals surface area (Å²) in [4.78, 5) is 38.7. The van der Waals surface area contributed by atoms with Gasteiger partial charge in [0.1, 0.15) is 5.75 Å². The van der Waals surface area contributed by atoms with Gasteiger partial charge in [-0.25, -0.2) is 0 Å². The van der Waals surface area contributed by atoms with Crippen LogP contribution in [0.4, 0.5) is 18.9 Å². The predicted octanol–water partition coefficient (Wildman–Crippen LogP) is 3.74. The first-order valence-electron chi connectivity index (χ1n) is 9.65. The van der Waals surface area contributed by atoms with Crippen molar-refractivity contribution in [3.63, 3.8) is 0 Å². The van der Waals surface area contributed by atoms with Gasteiger partial charge in [0.05, 0.1) is 11.1 Å². The molecule has 0 spiro atoms. The molecule has 1 atom stereocenters. The molecule has 0 aromatic heterocycles. The fraction of sp³-hybridized carbons (Fsp3) is 0.318. The number of halogens is 3. The SMILES string of the molecule is Cc1cc(OC(F)(F)F)ccc1NC(=O)c1ccccc1C(=O)NC(C)CC(=O)N(C)C. The summed E-state index contributed by atoms with van der Waals surface area (Å²) in [5.74, 6) is -1.70. The average Bonchev–Trinajstić information content (AvgIpc) is 2.68. The highest BCUT2D eigenvalue weighted by Gasteiger charge is 2.31. The summed E-state index contributed by atoms with van der Waals surface area (Å²) >= 11 is 0. The summed E-state index contributed by atoms with van der Waals surface area (Å²) in [6.07, 6.45) is -4.73. The van der Waals surface area contributed by atoms with Gasteiger partial charge in [0, 0.05) is 32.2 Å². The Morgan fingerprint density at radius 2 is 1.62 bits per heavy atom. The summed E-state index contributed by atoms with van der Waals surface area (Å²) in [6.45, 7) is 3.19. The van der Waals surface area contributed by atoms with E-state index in [0.717, 1.165) is 12.1 Å². The van der Waals surface area contributed by atoms with Gasteiger partial charge in [-0.15, -0.1) is 13.2 Å². The van der Waals surface area contributed by atoms with E-state index in [-0.39, 0.29) is 29.1 Å². The number of aryl methyl sites for hydroxylation is 1. The molecule has 7 nitrogen and oxygen atoms in total. The van der Waals surface area contributed by atoms with Gasteiger partial charge in [0.2, 0.25) is 5.91 Å². The van der Waals surface area contributed by atoms with Gasteiger partial charge in [-0.05, 0) is 49.7 Å². The predicted molar refractivity (Wildman–Crippen MR) is 112 cm³/mol. The molecule has 10 heteroatoms. The molecule has 32 heavy (non-hydrogen) atoms. The number of hydrogen-bond acceptors (Lipinski definition) is 4. The van der Waals surface area contributed by atoms with Crippen LogP contribution in [0.3, 0.4) is 0 Å². The molecular formula is C22H24F3N3O4. The Hall–Kier alpha value is -3.56. The van der Waals surface area contributed by atoms with E-state index < -0.39 is 30.0 Å². The Morgan fingerprint density at radius 3 is 2.16 bits per heavy atom. The minimum Gasteiger partial charge on any atom is -0.406 e. The van der Waals surface area contributed by atoms with Crippen molar-refractivity contribution in [3.05, 3.63) is 59.2 Å². The molecule has 0 radical (unpaired) electrons. The van der Waals surface area contributed by atoms with E-state index in [0.29, 0.717) is 5.56 Å². The van der Waals surface area contributed by atoms with Crippen LogP contribution in [0.25, 0.3) is 0 Å². The molecule has 0 bridgehead atoms. The van der Waals surface area contributed by atoms with Crippen molar-refractivity contribution in [1.29, 1.82) is 0 Å². The lowest BCUT2D eigenvalue weighted by atomic mass is 10.0. The van der Waals surface area contributed by atoms with Crippen LogP contribution >= 0.6 is 0 Å². The van der Waals surface area contributed by atoms with E-state index >= 15 is 0 Å².